The maximum absolute atomic E-state index is 12.4. The zero-order valence-electron chi connectivity index (χ0n) is 11.6. The lowest BCUT2D eigenvalue weighted by molar-refractivity contribution is 0.0945. The number of nitrogens with one attached hydrogen (secondary N) is 2. The van der Waals surface area contributed by atoms with E-state index in [2.05, 4.69) is 25.5 Å². The Balaban J connectivity index is 1.93. The fraction of sp³-hybridized carbons (Fsp3) is 0.143. The molecule has 1 aromatic carbocycles. The van der Waals surface area contributed by atoms with Gasteiger partial charge in [0.05, 0.1) is 5.51 Å². The predicted octanol–water partition coefficient (Wildman–Crippen LogP) is 2.74. The summed E-state index contributed by atoms with van der Waals surface area (Å²) in [5.41, 5.74) is 2.42. The Labute approximate surface area is 135 Å². The van der Waals surface area contributed by atoms with Crippen LogP contribution in [-0.4, -0.2) is 26.1 Å². The molecule has 0 saturated carbocycles. The third-order valence-corrected chi connectivity index (χ3v) is 4.24. The van der Waals surface area contributed by atoms with Gasteiger partial charge in [0.2, 0.25) is 0 Å². The number of aromatic nitrogens is 4. The van der Waals surface area contributed by atoms with Crippen LogP contribution in [0.2, 0.25) is 5.15 Å². The number of amides is 1. The van der Waals surface area contributed by atoms with Gasteiger partial charge in [-0.05, 0) is 12.5 Å². The minimum Gasteiger partial charge on any atom is -0.337 e. The van der Waals surface area contributed by atoms with Gasteiger partial charge < -0.3 is 5.32 Å². The molecular weight excluding hydrogens is 322 g/mol. The fourth-order valence-corrected chi connectivity index (χ4v) is 2.91. The molecule has 0 radical (unpaired) electrons. The first-order chi connectivity index (χ1) is 10.6. The Morgan fingerprint density at radius 1 is 1.36 bits per heavy atom. The number of rotatable bonds is 4. The van der Waals surface area contributed by atoms with Gasteiger partial charge in [-0.3, -0.25) is 9.89 Å². The first-order valence-electron chi connectivity index (χ1n) is 6.49. The minimum absolute atomic E-state index is 0.195. The van der Waals surface area contributed by atoms with Crippen LogP contribution in [0.25, 0.3) is 0 Å². The summed E-state index contributed by atoms with van der Waals surface area (Å²) in [5, 5.41) is 10.0. The van der Waals surface area contributed by atoms with Crippen molar-refractivity contribution >= 4 is 28.8 Å². The van der Waals surface area contributed by atoms with E-state index in [-0.39, 0.29) is 11.1 Å². The van der Waals surface area contributed by atoms with E-state index in [4.69, 9.17) is 11.6 Å². The molecule has 0 saturated heterocycles. The van der Waals surface area contributed by atoms with Gasteiger partial charge >= 0.3 is 0 Å². The topological polar surface area (TPSA) is 83.6 Å². The Morgan fingerprint density at radius 3 is 2.73 bits per heavy atom. The van der Waals surface area contributed by atoms with Crippen LogP contribution in [0.4, 0.5) is 0 Å². The van der Waals surface area contributed by atoms with Crippen molar-refractivity contribution in [1.29, 1.82) is 0 Å². The van der Waals surface area contributed by atoms with Gasteiger partial charge in [0.15, 0.2) is 11.0 Å². The van der Waals surface area contributed by atoms with Crippen LogP contribution in [0.1, 0.15) is 32.9 Å². The standard InChI is InChI=1S/C14H12ClN5OS/c1-8-17-13(20-19-8)10(9-5-3-2-4-6-9)18-14(21)11-12(15)16-7-22-11/h2-7,10H,1H3,(H,18,21)(H,17,19,20). The number of halogens is 1. The Morgan fingerprint density at radius 2 is 2.14 bits per heavy atom. The van der Waals surface area contributed by atoms with Gasteiger partial charge in [-0.1, -0.05) is 41.9 Å². The molecule has 3 aromatic rings. The van der Waals surface area contributed by atoms with Crippen molar-refractivity contribution in [2.45, 2.75) is 13.0 Å². The third-order valence-electron chi connectivity index (χ3n) is 3.01. The third kappa shape index (κ3) is 3.00. The van der Waals surface area contributed by atoms with E-state index >= 15 is 0 Å². The van der Waals surface area contributed by atoms with E-state index in [0.29, 0.717) is 16.5 Å². The molecule has 0 spiro atoms. The Hall–Kier alpha value is -2.25. The summed E-state index contributed by atoms with van der Waals surface area (Å²) in [6.07, 6.45) is 0. The minimum atomic E-state index is -0.461. The van der Waals surface area contributed by atoms with Gasteiger partial charge in [-0.15, -0.1) is 11.3 Å². The molecular formula is C14H12ClN5OS. The van der Waals surface area contributed by atoms with Gasteiger partial charge in [0.1, 0.15) is 16.7 Å². The van der Waals surface area contributed by atoms with Crippen LogP contribution in [-0.2, 0) is 0 Å². The summed E-state index contributed by atoms with van der Waals surface area (Å²) in [7, 11) is 0. The Bertz CT molecular complexity index is 785. The van der Waals surface area contributed by atoms with Crippen LogP contribution < -0.4 is 5.32 Å². The molecule has 0 aliphatic rings. The second kappa shape index (κ2) is 6.25. The molecule has 1 amide bonds. The molecule has 0 aliphatic carbocycles. The number of H-pyrrole nitrogens is 1. The number of thiazole rings is 1. The van der Waals surface area contributed by atoms with Crippen molar-refractivity contribution in [3.63, 3.8) is 0 Å². The lowest BCUT2D eigenvalue weighted by Crippen LogP contribution is -2.29. The van der Waals surface area contributed by atoms with Crippen molar-refractivity contribution < 1.29 is 4.79 Å². The molecule has 8 heteroatoms. The maximum atomic E-state index is 12.4. The van der Waals surface area contributed by atoms with E-state index in [0.717, 1.165) is 5.56 Å². The van der Waals surface area contributed by atoms with Gasteiger partial charge in [-0.25, -0.2) is 9.97 Å². The molecule has 0 bridgehead atoms. The largest absolute Gasteiger partial charge is 0.337 e. The molecule has 2 N–H and O–H groups in total. The lowest BCUT2D eigenvalue weighted by atomic mass is 10.1. The van der Waals surface area contributed by atoms with E-state index in [1.54, 1.807) is 6.92 Å². The van der Waals surface area contributed by atoms with Gasteiger partial charge in [-0.2, -0.15) is 5.10 Å². The highest BCUT2D eigenvalue weighted by atomic mass is 35.5. The first kappa shape index (κ1) is 14.7. The molecule has 2 aromatic heterocycles. The molecule has 2 heterocycles. The van der Waals surface area contributed by atoms with Crippen molar-refractivity contribution in [3.8, 4) is 0 Å². The highest BCUT2D eigenvalue weighted by Gasteiger charge is 2.23. The summed E-state index contributed by atoms with van der Waals surface area (Å²) in [5.74, 6) is 0.877. The van der Waals surface area contributed by atoms with Crippen molar-refractivity contribution in [3.05, 3.63) is 63.1 Å². The predicted molar refractivity (Wildman–Crippen MR) is 84.0 cm³/mol. The number of nitrogens with zero attached hydrogens (tertiary/aromatic N) is 3. The summed E-state index contributed by atoms with van der Waals surface area (Å²) in [6.45, 7) is 1.81. The highest BCUT2D eigenvalue weighted by Crippen LogP contribution is 2.23. The number of benzene rings is 1. The first-order valence-corrected chi connectivity index (χ1v) is 7.74. The van der Waals surface area contributed by atoms with E-state index in [1.807, 2.05) is 30.3 Å². The highest BCUT2D eigenvalue weighted by molar-refractivity contribution is 7.12. The second-order valence-corrected chi connectivity index (χ2v) is 5.78. The monoisotopic (exact) mass is 333 g/mol. The van der Waals surface area contributed by atoms with Crippen molar-refractivity contribution in [2.75, 3.05) is 0 Å². The number of carbonyl (C=O) groups is 1. The number of aryl methyl sites for hydroxylation is 1. The zero-order chi connectivity index (χ0) is 15.5. The van der Waals surface area contributed by atoms with E-state index in [1.165, 1.54) is 16.8 Å². The number of hydrogen-bond acceptors (Lipinski definition) is 5. The molecule has 0 fully saturated rings. The number of carbonyl (C=O) groups excluding carboxylic acids is 1. The van der Waals surface area contributed by atoms with Crippen LogP contribution in [0, 0.1) is 6.92 Å². The molecule has 3 rings (SSSR count). The SMILES string of the molecule is Cc1nc(C(NC(=O)c2scnc2Cl)c2ccccc2)n[nH]1. The summed E-state index contributed by atoms with van der Waals surface area (Å²) < 4.78 is 0. The quantitative estimate of drug-likeness (QED) is 0.769. The molecule has 1 atom stereocenters. The Kier molecular flexibility index (Phi) is 4.17. The molecule has 22 heavy (non-hydrogen) atoms. The van der Waals surface area contributed by atoms with Crippen LogP contribution >= 0.6 is 22.9 Å². The molecule has 1 unspecified atom stereocenters. The van der Waals surface area contributed by atoms with Crippen molar-refractivity contribution in [2.24, 2.45) is 0 Å². The van der Waals surface area contributed by atoms with Crippen LogP contribution in [0.3, 0.4) is 0 Å². The maximum Gasteiger partial charge on any atom is 0.265 e. The fourth-order valence-electron chi connectivity index (χ4n) is 2.01. The smallest absolute Gasteiger partial charge is 0.265 e. The van der Waals surface area contributed by atoms with Crippen LogP contribution in [0.15, 0.2) is 35.8 Å². The number of aromatic amines is 1. The zero-order valence-corrected chi connectivity index (χ0v) is 13.1. The van der Waals surface area contributed by atoms with Gasteiger partial charge in [0.25, 0.3) is 5.91 Å². The van der Waals surface area contributed by atoms with E-state index < -0.39 is 6.04 Å². The molecule has 0 aliphatic heterocycles. The van der Waals surface area contributed by atoms with Crippen molar-refractivity contribution in [1.82, 2.24) is 25.5 Å². The molecule has 6 nitrogen and oxygen atoms in total. The second-order valence-electron chi connectivity index (χ2n) is 4.57. The molecule has 112 valence electrons. The average Bonchev–Trinajstić information content (AvgIpc) is 3.14. The van der Waals surface area contributed by atoms with Crippen LogP contribution in [0.5, 0.6) is 0 Å². The average molecular weight is 334 g/mol. The van der Waals surface area contributed by atoms with E-state index in [9.17, 15) is 4.79 Å². The number of hydrogen-bond donors (Lipinski definition) is 2. The normalized spacial score (nSPS) is 12.1. The lowest BCUT2D eigenvalue weighted by Gasteiger charge is -2.15. The van der Waals surface area contributed by atoms with Gasteiger partial charge in [0, 0.05) is 0 Å². The summed E-state index contributed by atoms with van der Waals surface area (Å²) in [6, 6.07) is 9.06. The summed E-state index contributed by atoms with van der Waals surface area (Å²) >= 11 is 7.11. The summed E-state index contributed by atoms with van der Waals surface area (Å²) in [4.78, 5) is 21.0.